The van der Waals surface area contributed by atoms with E-state index in [9.17, 15) is 0 Å². The van der Waals surface area contributed by atoms with Gasteiger partial charge in [-0.25, -0.2) is 0 Å². The summed E-state index contributed by atoms with van der Waals surface area (Å²) in [6, 6.07) is 3.63. The lowest BCUT2D eigenvalue weighted by atomic mass is 9.72. The maximum absolute atomic E-state index is 6.07. The smallest absolute Gasteiger partial charge is 0.227 e. The molecule has 0 atom stereocenters. The second-order valence-corrected chi connectivity index (χ2v) is 6.87. The number of nitrogens with zero attached hydrogens (tertiary/aromatic N) is 2. The summed E-state index contributed by atoms with van der Waals surface area (Å²) in [5.41, 5.74) is 6.91. The van der Waals surface area contributed by atoms with E-state index in [0.717, 1.165) is 24.8 Å². The zero-order valence-corrected chi connectivity index (χ0v) is 15.7. The highest BCUT2D eigenvalue weighted by molar-refractivity contribution is 5.66. The van der Waals surface area contributed by atoms with E-state index in [2.05, 4.69) is 10.1 Å². The number of rotatable bonds is 7. The van der Waals surface area contributed by atoms with Crippen LogP contribution in [0.25, 0.3) is 11.4 Å². The van der Waals surface area contributed by atoms with Gasteiger partial charge in [-0.05, 0) is 36.9 Å². The number of hydrogen-bond donors (Lipinski definition) is 1. The predicted molar refractivity (Wildman–Crippen MR) is 97.7 cm³/mol. The molecule has 1 aromatic carbocycles. The summed E-state index contributed by atoms with van der Waals surface area (Å²) in [5, 5.41) is 4.14. The second-order valence-electron chi connectivity index (χ2n) is 6.87. The van der Waals surface area contributed by atoms with Crippen molar-refractivity contribution in [2.24, 2.45) is 11.1 Å². The molecule has 1 fully saturated rings. The molecule has 1 aliphatic rings. The Labute approximate surface area is 153 Å². The number of hydrogen-bond acceptors (Lipinski definition) is 7. The molecular formula is C19H27N3O4. The van der Waals surface area contributed by atoms with Crippen LogP contribution in [0.3, 0.4) is 0 Å². The number of ether oxygens (including phenoxy) is 3. The Morgan fingerprint density at radius 1 is 1.04 bits per heavy atom. The van der Waals surface area contributed by atoms with Crippen LogP contribution in [-0.4, -0.2) is 38.0 Å². The molecule has 7 heteroatoms. The van der Waals surface area contributed by atoms with Crippen molar-refractivity contribution in [2.45, 2.75) is 38.5 Å². The Morgan fingerprint density at radius 3 is 2.23 bits per heavy atom. The Bertz CT molecular complexity index is 713. The molecule has 142 valence electrons. The number of methoxy groups -OCH3 is 3. The average Bonchev–Trinajstić information content (AvgIpc) is 3.15. The van der Waals surface area contributed by atoms with Crippen LogP contribution >= 0.6 is 0 Å². The first-order valence-corrected chi connectivity index (χ1v) is 8.98. The van der Waals surface area contributed by atoms with E-state index in [-0.39, 0.29) is 5.41 Å². The van der Waals surface area contributed by atoms with E-state index < -0.39 is 0 Å². The molecule has 7 nitrogen and oxygen atoms in total. The van der Waals surface area contributed by atoms with Gasteiger partial charge in [-0.3, -0.25) is 0 Å². The molecule has 1 heterocycles. The van der Waals surface area contributed by atoms with Crippen LogP contribution in [-0.2, 0) is 6.42 Å². The van der Waals surface area contributed by atoms with Gasteiger partial charge < -0.3 is 24.5 Å². The lowest BCUT2D eigenvalue weighted by Gasteiger charge is -2.34. The summed E-state index contributed by atoms with van der Waals surface area (Å²) >= 11 is 0. The second kappa shape index (κ2) is 7.95. The minimum Gasteiger partial charge on any atom is -0.493 e. The van der Waals surface area contributed by atoms with Crippen LogP contribution in [0.1, 0.15) is 38.0 Å². The SMILES string of the molecule is COc1cc(-c2noc(CC3(CN)CCCCC3)n2)cc(OC)c1OC. The molecule has 2 N–H and O–H groups in total. The van der Waals surface area contributed by atoms with Crippen molar-refractivity contribution in [3.8, 4) is 28.6 Å². The van der Waals surface area contributed by atoms with E-state index >= 15 is 0 Å². The first-order chi connectivity index (χ1) is 12.6. The third kappa shape index (κ3) is 3.62. The van der Waals surface area contributed by atoms with E-state index in [0.29, 0.717) is 35.5 Å². The predicted octanol–water partition coefficient (Wildman–Crippen LogP) is 3.21. The van der Waals surface area contributed by atoms with E-state index in [1.165, 1.54) is 19.3 Å². The van der Waals surface area contributed by atoms with Crippen molar-refractivity contribution in [3.05, 3.63) is 18.0 Å². The van der Waals surface area contributed by atoms with Gasteiger partial charge in [0.15, 0.2) is 11.5 Å². The maximum Gasteiger partial charge on any atom is 0.227 e. The standard InChI is InChI=1S/C19H27N3O4/c1-23-14-9-13(10-15(24-2)17(14)25-3)18-21-16(26-22-18)11-19(12-20)7-5-4-6-8-19/h9-10H,4-8,11-12,20H2,1-3H3. The fraction of sp³-hybridized carbons (Fsp3) is 0.579. The maximum atomic E-state index is 6.07. The first kappa shape index (κ1) is 18.5. The third-order valence-corrected chi connectivity index (χ3v) is 5.26. The van der Waals surface area contributed by atoms with E-state index in [4.69, 9.17) is 24.5 Å². The monoisotopic (exact) mass is 361 g/mol. The molecule has 0 aliphatic heterocycles. The van der Waals surface area contributed by atoms with E-state index in [1.54, 1.807) is 21.3 Å². The Balaban J connectivity index is 1.87. The minimum absolute atomic E-state index is 0.0807. The third-order valence-electron chi connectivity index (χ3n) is 5.26. The van der Waals surface area contributed by atoms with Gasteiger partial charge in [-0.2, -0.15) is 4.98 Å². The van der Waals surface area contributed by atoms with Gasteiger partial charge in [0, 0.05) is 12.0 Å². The van der Waals surface area contributed by atoms with Gasteiger partial charge in [0.25, 0.3) is 0 Å². The first-order valence-electron chi connectivity index (χ1n) is 8.98. The van der Waals surface area contributed by atoms with Crippen LogP contribution in [0.2, 0.25) is 0 Å². The molecule has 1 aromatic heterocycles. The van der Waals surface area contributed by atoms with E-state index in [1.807, 2.05) is 12.1 Å². The molecule has 3 rings (SSSR count). The normalized spacial score (nSPS) is 16.3. The molecule has 0 unspecified atom stereocenters. The van der Waals surface area contributed by atoms with Crippen molar-refractivity contribution >= 4 is 0 Å². The zero-order valence-electron chi connectivity index (χ0n) is 15.7. The molecule has 1 saturated carbocycles. The molecule has 0 bridgehead atoms. The number of aromatic nitrogens is 2. The lowest BCUT2D eigenvalue weighted by Crippen LogP contribution is -2.35. The van der Waals surface area contributed by atoms with Crippen molar-refractivity contribution in [1.82, 2.24) is 10.1 Å². The Kier molecular flexibility index (Phi) is 5.66. The lowest BCUT2D eigenvalue weighted by molar-refractivity contribution is 0.177. The summed E-state index contributed by atoms with van der Waals surface area (Å²) in [4.78, 5) is 4.59. The van der Waals surface area contributed by atoms with Gasteiger partial charge in [0.2, 0.25) is 17.5 Å². The number of benzene rings is 1. The highest BCUT2D eigenvalue weighted by Gasteiger charge is 2.33. The van der Waals surface area contributed by atoms with Gasteiger partial charge in [0.05, 0.1) is 21.3 Å². The molecule has 0 saturated heterocycles. The molecule has 0 spiro atoms. The zero-order chi connectivity index (χ0) is 18.6. The molecule has 0 amide bonds. The fourth-order valence-electron chi connectivity index (χ4n) is 3.73. The largest absolute Gasteiger partial charge is 0.493 e. The van der Waals surface area contributed by atoms with Gasteiger partial charge in [-0.1, -0.05) is 24.4 Å². The quantitative estimate of drug-likeness (QED) is 0.809. The Hall–Kier alpha value is -2.28. The average molecular weight is 361 g/mol. The van der Waals surface area contributed by atoms with Gasteiger partial charge >= 0.3 is 0 Å². The topological polar surface area (TPSA) is 92.6 Å². The highest BCUT2D eigenvalue weighted by atomic mass is 16.5. The highest BCUT2D eigenvalue weighted by Crippen LogP contribution is 2.41. The van der Waals surface area contributed by atoms with Crippen molar-refractivity contribution < 1.29 is 18.7 Å². The van der Waals surface area contributed by atoms with Crippen LogP contribution in [0.4, 0.5) is 0 Å². The summed E-state index contributed by atoms with van der Waals surface area (Å²) in [7, 11) is 4.73. The van der Waals surface area contributed by atoms with Gasteiger partial charge in [0.1, 0.15) is 0 Å². The molecular weight excluding hydrogens is 334 g/mol. The minimum atomic E-state index is 0.0807. The van der Waals surface area contributed by atoms with Crippen LogP contribution in [0.5, 0.6) is 17.2 Å². The van der Waals surface area contributed by atoms with Crippen LogP contribution in [0, 0.1) is 5.41 Å². The summed E-state index contributed by atoms with van der Waals surface area (Å²) in [6.45, 7) is 0.648. The molecule has 0 radical (unpaired) electrons. The van der Waals surface area contributed by atoms with Crippen molar-refractivity contribution in [3.63, 3.8) is 0 Å². The summed E-state index contributed by atoms with van der Waals surface area (Å²) < 4.78 is 21.7. The van der Waals surface area contributed by atoms with Crippen LogP contribution in [0.15, 0.2) is 16.7 Å². The van der Waals surface area contributed by atoms with Crippen molar-refractivity contribution in [1.29, 1.82) is 0 Å². The summed E-state index contributed by atoms with van der Waals surface area (Å²) in [6.07, 6.45) is 6.66. The molecule has 1 aliphatic carbocycles. The molecule has 26 heavy (non-hydrogen) atoms. The fourth-order valence-corrected chi connectivity index (χ4v) is 3.73. The Morgan fingerprint density at radius 2 is 1.69 bits per heavy atom. The van der Waals surface area contributed by atoms with Crippen LogP contribution < -0.4 is 19.9 Å². The summed E-state index contributed by atoms with van der Waals surface area (Å²) in [5.74, 6) is 2.77. The number of nitrogens with two attached hydrogens (primary N) is 1. The van der Waals surface area contributed by atoms with Gasteiger partial charge in [-0.15, -0.1) is 0 Å². The van der Waals surface area contributed by atoms with Crippen molar-refractivity contribution in [2.75, 3.05) is 27.9 Å². The molecule has 2 aromatic rings.